The first-order valence-corrected chi connectivity index (χ1v) is 8.89. The quantitative estimate of drug-likeness (QED) is 0.434. The van der Waals surface area contributed by atoms with E-state index in [9.17, 15) is 0 Å². The van der Waals surface area contributed by atoms with Crippen LogP contribution in [0.3, 0.4) is 0 Å². The number of rotatable bonds is 8. The standard InChI is InChI=1S/C20H29N5O/c1-6-12-26-19-11-9-8-10-17(19)13-22-20(21-7-2)23-14-18-15(3)24-25(5)16(18)4/h6,8-11H,1,7,12-14H2,2-5H3,(H2,21,22,23). The van der Waals surface area contributed by atoms with E-state index in [0.29, 0.717) is 19.7 Å². The van der Waals surface area contributed by atoms with E-state index in [2.05, 4.69) is 36.2 Å². The Kier molecular flexibility index (Phi) is 7.26. The molecule has 0 aliphatic heterocycles. The van der Waals surface area contributed by atoms with Crippen LogP contribution in [0.4, 0.5) is 0 Å². The zero-order valence-electron chi connectivity index (χ0n) is 16.2. The van der Waals surface area contributed by atoms with Crippen LogP contribution in [0.5, 0.6) is 5.75 Å². The van der Waals surface area contributed by atoms with E-state index in [1.807, 2.05) is 42.9 Å². The third kappa shape index (κ3) is 5.12. The summed E-state index contributed by atoms with van der Waals surface area (Å²) < 4.78 is 7.61. The van der Waals surface area contributed by atoms with Gasteiger partial charge in [0.2, 0.25) is 0 Å². The highest BCUT2D eigenvalue weighted by Gasteiger charge is 2.10. The van der Waals surface area contributed by atoms with Crippen molar-refractivity contribution in [3.63, 3.8) is 0 Å². The maximum atomic E-state index is 5.70. The van der Waals surface area contributed by atoms with Crippen molar-refractivity contribution in [2.24, 2.45) is 12.0 Å². The molecule has 1 aromatic carbocycles. The minimum atomic E-state index is 0.485. The molecule has 0 amide bonds. The number of ether oxygens (including phenoxy) is 1. The van der Waals surface area contributed by atoms with E-state index in [-0.39, 0.29) is 0 Å². The molecule has 0 atom stereocenters. The molecule has 0 unspecified atom stereocenters. The van der Waals surface area contributed by atoms with Gasteiger partial charge in [-0.05, 0) is 26.8 Å². The van der Waals surface area contributed by atoms with Crippen molar-refractivity contribution in [3.8, 4) is 5.75 Å². The smallest absolute Gasteiger partial charge is 0.191 e. The number of para-hydroxylation sites is 1. The fourth-order valence-electron chi connectivity index (χ4n) is 2.68. The summed E-state index contributed by atoms with van der Waals surface area (Å²) in [5, 5.41) is 11.1. The molecule has 0 saturated carbocycles. The first-order valence-electron chi connectivity index (χ1n) is 8.89. The van der Waals surface area contributed by atoms with Crippen LogP contribution in [0.25, 0.3) is 0 Å². The van der Waals surface area contributed by atoms with Crippen LogP contribution < -0.4 is 15.4 Å². The number of aromatic nitrogens is 2. The van der Waals surface area contributed by atoms with Crippen molar-refractivity contribution < 1.29 is 4.74 Å². The van der Waals surface area contributed by atoms with Gasteiger partial charge in [-0.2, -0.15) is 5.10 Å². The van der Waals surface area contributed by atoms with Crippen LogP contribution in [0.15, 0.2) is 41.9 Å². The first kappa shape index (κ1) is 19.6. The van der Waals surface area contributed by atoms with Gasteiger partial charge in [0, 0.05) is 37.0 Å². The van der Waals surface area contributed by atoms with Gasteiger partial charge in [-0.25, -0.2) is 4.99 Å². The van der Waals surface area contributed by atoms with Gasteiger partial charge in [0.1, 0.15) is 12.4 Å². The summed E-state index contributed by atoms with van der Waals surface area (Å²) in [5.74, 6) is 1.61. The Balaban J connectivity index is 2.08. The number of guanidine groups is 1. The van der Waals surface area contributed by atoms with E-state index in [1.165, 1.54) is 5.56 Å². The summed E-state index contributed by atoms with van der Waals surface area (Å²) in [4.78, 5) is 4.70. The molecule has 6 nitrogen and oxygen atoms in total. The molecule has 2 N–H and O–H groups in total. The van der Waals surface area contributed by atoms with Gasteiger partial charge < -0.3 is 15.4 Å². The van der Waals surface area contributed by atoms with Crippen molar-refractivity contribution in [1.29, 1.82) is 0 Å². The molecule has 2 aromatic rings. The molecule has 1 aromatic heterocycles. The minimum Gasteiger partial charge on any atom is -0.489 e. The largest absolute Gasteiger partial charge is 0.489 e. The van der Waals surface area contributed by atoms with Gasteiger partial charge >= 0.3 is 0 Å². The summed E-state index contributed by atoms with van der Waals surface area (Å²) >= 11 is 0. The predicted molar refractivity (Wildman–Crippen MR) is 106 cm³/mol. The van der Waals surface area contributed by atoms with Crippen LogP contribution in [0.1, 0.15) is 29.4 Å². The molecular weight excluding hydrogens is 326 g/mol. The average Bonchev–Trinajstić information content (AvgIpc) is 2.88. The number of hydrogen-bond donors (Lipinski definition) is 2. The third-order valence-electron chi connectivity index (χ3n) is 4.17. The lowest BCUT2D eigenvalue weighted by atomic mass is 10.2. The van der Waals surface area contributed by atoms with Crippen LogP contribution in [0, 0.1) is 13.8 Å². The second-order valence-corrected chi connectivity index (χ2v) is 6.03. The van der Waals surface area contributed by atoms with Crippen LogP contribution in [-0.4, -0.2) is 28.9 Å². The summed E-state index contributed by atoms with van der Waals surface area (Å²) in [5.41, 5.74) is 4.44. The maximum absolute atomic E-state index is 5.70. The predicted octanol–water partition coefficient (Wildman–Crippen LogP) is 2.86. The van der Waals surface area contributed by atoms with E-state index < -0.39 is 0 Å². The average molecular weight is 355 g/mol. The molecule has 0 aliphatic rings. The highest BCUT2D eigenvalue weighted by atomic mass is 16.5. The number of benzene rings is 1. The Morgan fingerprint density at radius 2 is 2.08 bits per heavy atom. The van der Waals surface area contributed by atoms with Crippen molar-refractivity contribution in [3.05, 3.63) is 59.4 Å². The molecule has 0 fully saturated rings. The zero-order valence-corrected chi connectivity index (χ0v) is 16.2. The maximum Gasteiger partial charge on any atom is 0.191 e. The number of aryl methyl sites for hydroxylation is 2. The van der Waals surface area contributed by atoms with Crippen molar-refractivity contribution in [1.82, 2.24) is 20.4 Å². The van der Waals surface area contributed by atoms with Crippen molar-refractivity contribution >= 4 is 5.96 Å². The monoisotopic (exact) mass is 355 g/mol. The molecular formula is C20H29N5O. The van der Waals surface area contributed by atoms with E-state index in [0.717, 1.165) is 35.2 Å². The summed E-state index contributed by atoms with van der Waals surface area (Å²) in [6.45, 7) is 12.4. The molecule has 2 rings (SSSR count). The number of nitrogens with one attached hydrogen (secondary N) is 2. The lowest BCUT2D eigenvalue weighted by Crippen LogP contribution is -2.37. The van der Waals surface area contributed by atoms with E-state index in [1.54, 1.807) is 6.08 Å². The second-order valence-electron chi connectivity index (χ2n) is 6.03. The summed E-state index contributed by atoms with van der Waals surface area (Å²) in [6.07, 6.45) is 1.74. The molecule has 0 saturated heterocycles. The molecule has 0 bridgehead atoms. The SMILES string of the molecule is C=CCOc1ccccc1CN=C(NCC)NCc1c(C)nn(C)c1C. The van der Waals surface area contributed by atoms with Gasteiger partial charge in [-0.15, -0.1) is 0 Å². The summed E-state index contributed by atoms with van der Waals surface area (Å²) in [7, 11) is 1.96. The number of hydrogen-bond acceptors (Lipinski definition) is 3. The fourth-order valence-corrected chi connectivity index (χ4v) is 2.68. The molecule has 6 heteroatoms. The normalized spacial score (nSPS) is 11.3. The molecule has 26 heavy (non-hydrogen) atoms. The van der Waals surface area contributed by atoms with E-state index in [4.69, 9.17) is 9.73 Å². The van der Waals surface area contributed by atoms with Crippen LogP contribution >= 0.6 is 0 Å². The van der Waals surface area contributed by atoms with Crippen LogP contribution in [0.2, 0.25) is 0 Å². The minimum absolute atomic E-state index is 0.485. The van der Waals surface area contributed by atoms with Crippen LogP contribution in [-0.2, 0) is 20.1 Å². The lowest BCUT2D eigenvalue weighted by molar-refractivity contribution is 0.359. The van der Waals surface area contributed by atoms with Gasteiger partial charge in [0.05, 0.1) is 12.2 Å². The highest BCUT2D eigenvalue weighted by Crippen LogP contribution is 2.19. The lowest BCUT2D eigenvalue weighted by Gasteiger charge is -2.13. The Bertz CT molecular complexity index is 764. The first-order chi connectivity index (χ1) is 12.6. The molecule has 1 heterocycles. The fraction of sp³-hybridized carbons (Fsp3) is 0.400. The van der Waals surface area contributed by atoms with Gasteiger partial charge in [0.25, 0.3) is 0 Å². The molecule has 0 aliphatic carbocycles. The Hall–Kier alpha value is -2.76. The topological polar surface area (TPSA) is 63.5 Å². The zero-order chi connectivity index (χ0) is 18.9. The third-order valence-corrected chi connectivity index (χ3v) is 4.17. The molecule has 0 radical (unpaired) electrons. The summed E-state index contributed by atoms with van der Waals surface area (Å²) in [6, 6.07) is 7.94. The highest BCUT2D eigenvalue weighted by molar-refractivity contribution is 5.79. The van der Waals surface area contributed by atoms with E-state index >= 15 is 0 Å². The van der Waals surface area contributed by atoms with Crippen molar-refractivity contribution in [2.75, 3.05) is 13.2 Å². The molecule has 0 spiro atoms. The van der Waals surface area contributed by atoms with Gasteiger partial charge in [-0.1, -0.05) is 30.9 Å². The second kappa shape index (κ2) is 9.65. The number of nitrogens with zero attached hydrogens (tertiary/aromatic N) is 3. The molecule has 140 valence electrons. The van der Waals surface area contributed by atoms with Gasteiger partial charge in [-0.3, -0.25) is 4.68 Å². The number of aliphatic imine (C=N–C) groups is 1. The van der Waals surface area contributed by atoms with Crippen molar-refractivity contribution in [2.45, 2.75) is 33.9 Å². The Labute approximate surface area is 156 Å². The Morgan fingerprint density at radius 3 is 2.73 bits per heavy atom. The van der Waals surface area contributed by atoms with Gasteiger partial charge in [0.15, 0.2) is 5.96 Å². The Morgan fingerprint density at radius 1 is 1.31 bits per heavy atom.